The minimum atomic E-state index is -0.554. The first-order valence-corrected chi connectivity index (χ1v) is 8.31. The maximum Gasteiger partial charge on any atom is 0.255 e. The molecule has 4 heteroatoms. The quantitative estimate of drug-likeness (QED) is 0.560. The van der Waals surface area contributed by atoms with Crippen molar-refractivity contribution in [3.8, 4) is 0 Å². The second-order valence-corrected chi connectivity index (χ2v) is 5.98. The number of hydrogen-bond acceptors (Lipinski definition) is 2. The van der Waals surface area contributed by atoms with Crippen LogP contribution in [-0.2, 0) is 0 Å². The third-order valence-corrected chi connectivity index (χ3v) is 4.26. The molecule has 0 aliphatic heterocycles. The zero-order valence-corrected chi connectivity index (χ0v) is 13.9. The van der Waals surface area contributed by atoms with E-state index in [4.69, 9.17) is 4.42 Å². The van der Waals surface area contributed by atoms with E-state index in [2.05, 4.69) is 5.32 Å². The highest BCUT2D eigenvalue weighted by Crippen LogP contribution is 2.28. The van der Waals surface area contributed by atoms with Gasteiger partial charge in [0.05, 0.1) is 5.56 Å². The van der Waals surface area contributed by atoms with Crippen LogP contribution in [0.2, 0.25) is 0 Å². The Morgan fingerprint density at radius 3 is 2.35 bits per heavy atom. The lowest BCUT2D eigenvalue weighted by Crippen LogP contribution is -2.29. The van der Waals surface area contributed by atoms with E-state index < -0.39 is 17.8 Å². The van der Waals surface area contributed by atoms with E-state index in [9.17, 15) is 9.18 Å². The van der Waals surface area contributed by atoms with Crippen LogP contribution in [0, 0.1) is 5.82 Å². The number of para-hydroxylation sites is 1. The lowest BCUT2D eigenvalue weighted by molar-refractivity contribution is 0.0935. The van der Waals surface area contributed by atoms with Crippen LogP contribution in [0.5, 0.6) is 0 Å². The largest absolute Gasteiger partial charge is 0.459 e. The van der Waals surface area contributed by atoms with Gasteiger partial charge < -0.3 is 9.73 Å². The first-order valence-electron chi connectivity index (χ1n) is 8.31. The van der Waals surface area contributed by atoms with Gasteiger partial charge in [-0.3, -0.25) is 4.79 Å². The van der Waals surface area contributed by atoms with E-state index in [1.165, 1.54) is 12.1 Å². The normalized spacial score (nSPS) is 12.0. The van der Waals surface area contributed by atoms with Crippen LogP contribution in [0.1, 0.15) is 27.7 Å². The van der Waals surface area contributed by atoms with E-state index in [1.54, 1.807) is 12.1 Å². The van der Waals surface area contributed by atoms with Gasteiger partial charge >= 0.3 is 0 Å². The Balaban J connectivity index is 1.74. The van der Waals surface area contributed by atoms with Gasteiger partial charge in [-0.2, -0.15) is 0 Å². The summed E-state index contributed by atoms with van der Waals surface area (Å²) < 4.78 is 19.9. The zero-order valence-electron chi connectivity index (χ0n) is 13.9. The number of halogens is 1. The lowest BCUT2D eigenvalue weighted by atomic mass is 10.0. The van der Waals surface area contributed by atoms with Gasteiger partial charge in [-0.25, -0.2) is 4.39 Å². The maximum absolute atomic E-state index is 14.0. The fourth-order valence-corrected chi connectivity index (χ4v) is 2.96. The van der Waals surface area contributed by atoms with Crippen molar-refractivity contribution in [2.75, 3.05) is 0 Å². The van der Waals surface area contributed by atoms with Crippen molar-refractivity contribution in [2.24, 2.45) is 0 Å². The average molecular weight is 345 g/mol. The molecule has 0 saturated heterocycles. The summed E-state index contributed by atoms with van der Waals surface area (Å²) >= 11 is 0. The zero-order chi connectivity index (χ0) is 17.9. The first kappa shape index (κ1) is 16.1. The van der Waals surface area contributed by atoms with Crippen molar-refractivity contribution in [3.05, 3.63) is 108 Å². The van der Waals surface area contributed by atoms with E-state index in [-0.39, 0.29) is 5.56 Å². The van der Waals surface area contributed by atoms with Crippen LogP contribution in [-0.4, -0.2) is 5.91 Å². The smallest absolute Gasteiger partial charge is 0.255 e. The molecule has 0 aliphatic rings. The van der Waals surface area contributed by atoms with Gasteiger partial charge in [0, 0.05) is 5.39 Å². The summed E-state index contributed by atoms with van der Waals surface area (Å²) in [5.41, 5.74) is 1.60. The predicted octanol–water partition coefficient (Wildman–Crippen LogP) is 5.09. The monoisotopic (exact) mass is 345 g/mol. The number of carbonyl (C=O) groups excluding carboxylic acids is 1. The number of hydrogen-bond donors (Lipinski definition) is 1. The molecule has 0 unspecified atom stereocenters. The molecule has 0 bridgehead atoms. The molecule has 1 atom stereocenters. The third-order valence-electron chi connectivity index (χ3n) is 4.26. The molecule has 0 spiro atoms. The molecule has 128 valence electrons. The lowest BCUT2D eigenvalue weighted by Gasteiger charge is -2.17. The highest BCUT2D eigenvalue weighted by molar-refractivity contribution is 5.95. The second kappa shape index (κ2) is 6.84. The van der Waals surface area contributed by atoms with Gasteiger partial charge in [0.1, 0.15) is 23.2 Å². The summed E-state index contributed by atoms with van der Waals surface area (Å²) in [6.45, 7) is 0. The number of nitrogens with one attached hydrogen (secondary N) is 1. The molecule has 0 saturated carbocycles. The molecule has 1 amide bonds. The Morgan fingerprint density at radius 1 is 0.885 bits per heavy atom. The van der Waals surface area contributed by atoms with Crippen LogP contribution in [0.25, 0.3) is 11.0 Å². The second-order valence-electron chi connectivity index (χ2n) is 5.98. The van der Waals surface area contributed by atoms with Gasteiger partial charge in [-0.15, -0.1) is 0 Å². The molecule has 4 aromatic rings. The number of furan rings is 1. The van der Waals surface area contributed by atoms with Crippen molar-refractivity contribution in [1.29, 1.82) is 0 Å². The molecule has 0 fully saturated rings. The van der Waals surface area contributed by atoms with E-state index in [1.807, 2.05) is 60.7 Å². The summed E-state index contributed by atoms with van der Waals surface area (Å²) in [4.78, 5) is 12.6. The minimum absolute atomic E-state index is 0.00421. The van der Waals surface area contributed by atoms with Crippen LogP contribution >= 0.6 is 0 Å². The highest BCUT2D eigenvalue weighted by atomic mass is 19.1. The summed E-state index contributed by atoms with van der Waals surface area (Å²) in [6.07, 6.45) is 0. The predicted molar refractivity (Wildman–Crippen MR) is 98.4 cm³/mol. The Bertz CT molecular complexity index is 1020. The van der Waals surface area contributed by atoms with Crippen molar-refractivity contribution in [3.63, 3.8) is 0 Å². The number of benzene rings is 3. The minimum Gasteiger partial charge on any atom is -0.459 e. The highest BCUT2D eigenvalue weighted by Gasteiger charge is 2.22. The fourth-order valence-electron chi connectivity index (χ4n) is 2.96. The number of carbonyl (C=O) groups is 1. The van der Waals surface area contributed by atoms with Gasteiger partial charge in [0.2, 0.25) is 0 Å². The Hall–Kier alpha value is -3.40. The molecule has 4 rings (SSSR count). The Kier molecular flexibility index (Phi) is 4.23. The summed E-state index contributed by atoms with van der Waals surface area (Å²) in [5.74, 6) is -0.444. The van der Waals surface area contributed by atoms with Crippen LogP contribution in [0.15, 0.2) is 89.3 Å². The molecule has 1 N–H and O–H groups in total. The number of amides is 1. The molecular formula is C22H16FNO2. The van der Waals surface area contributed by atoms with Crippen molar-refractivity contribution < 1.29 is 13.6 Å². The molecule has 0 aliphatic carbocycles. The summed E-state index contributed by atoms with van der Waals surface area (Å²) in [7, 11) is 0. The summed E-state index contributed by atoms with van der Waals surface area (Å²) in [6, 6.07) is 24.4. The maximum atomic E-state index is 14.0. The van der Waals surface area contributed by atoms with Gasteiger partial charge in [-0.1, -0.05) is 60.7 Å². The van der Waals surface area contributed by atoms with Crippen molar-refractivity contribution in [2.45, 2.75) is 6.04 Å². The average Bonchev–Trinajstić information content (AvgIpc) is 3.11. The SMILES string of the molecule is O=C(N[C@@H](c1ccccc1)c1cc2ccccc2o1)c1ccccc1F. The number of fused-ring (bicyclic) bond motifs is 1. The fraction of sp³-hybridized carbons (Fsp3) is 0.0455. The van der Waals surface area contributed by atoms with E-state index in [0.717, 1.165) is 16.5 Å². The standard InChI is InChI=1S/C22H16FNO2/c23-18-12-6-5-11-17(18)22(25)24-21(15-8-2-1-3-9-15)20-14-16-10-4-7-13-19(16)26-20/h1-14,21H,(H,24,25)/t21-/m0/s1. The first-order chi connectivity index (χ1) is 12.7. The molecule has 26 heavy (non-hydrogen) atoms. The van der Waals surface area contributed by atoms with Crippen molar-refractivity contribution in [1.82, 2.24) is 5.32 Å². The van der Waals surface area contributed by atoms with Crippen molar-refractivity contribution >= 4 is 16.9 Å². The van der Waals surface area contributed by atoms with E-state index in [0.29, 0.717) is 5.76 Å². The molecule has 0 radical (unpaired) electrons. The third kappa shape index (κ3) is 3.09. The Labute approximate surface area is 150 Å². The molecule has 1 aromatic heterocycles. The van der Waals surface area contributed by atoms with Crippen LogP contribution in [0.4, 0.5) is 4.39 Å². The molecule has 1 heterocycles. The molecule has 3 nitrogen and oxygen atoms in total. The number of rotatable bonds is 4. The van der Waals surface area contributed by atoms with Crippen LogP contribution < -0.4 is 5.32 Å². The van der Waals surface area contributed by atoms with Gasteiger partial charge in [-0.05, 0) is 29.8 Å². The van der Waals surface area contributed by atoms with E-state index >= 15 is 0 Å². The van der Waals surface area contributed by atoms with Gasteiger partial charge in [0.15, 0.2) is 0 Å². The topological polar surface area (TPSA) is 42.2 Å². The summed E-state index contributed by atoms with van der Waals surface area (Å²) in [5, 5.41) is 3.84. The molecular weight excluding hydrogens is 329 g/mol. The Morgan fingerprint density at radius 2 is 1.58 bits per heavy atom. The van der Waals surface area contributed by atoms with Crippen LogP contribution in [0.3, 0.4) is 0 Å². The molecule has 3 aromatic carbocycles. The van der Waals surface area contributed by atoms with Gasteiger partial charge in [0.25, 0.3) is 5.91 Å².